The number of nitrogens with two attached hydrogens (primary N) is 1. The van der Waals surface area contributed by atoms with Crippen molar-refractivity contribution in [1.82, 2.24) is 4.90 Å². The Hall–Kier alpha value is 0.190. The molecule has 1 saturated heterocycles. The predicted molar refractivity (Wildman–Crippen MR) is 78.2 cm³/mol. The third-order valence-corrected chi connectivity index (χ3v) is 5.21. The Kier molecular flexibility index (Phi) is 6.95. The Morgan fingerprint density at radius 3 is 2.61 bits per heavy atom. The van der Waals surface area contributed by atoms with Gasteiger partial charge in [-0.15, -0.1) is 0 Å². The monoisotopic (exact) mass is 276 g/mol. The smallest absolute Gasteiger partial charge is 0.0615 e. The number of hydrogen-bond donors (Lipinski definition) is 1. The van der Waals surface area contributed by atoms with Crippen LogP contribution in [0.3, 0.4) is 0 Å². The molecule has 108 valence electrons. The molecule has 0 aliphatic carbocycles. The summed E-state index contributed by atoms with van der Waals surface area (Å²) in [6, 6.07) is 0.375. The Morgan fingerprint density at radius 2 is 2.17 bits per heavy atom. The van der Waals surface area contributed by atoms with Crippen molar-refractivity contribution in [3.05, 3.63) is 0 Å². The number of hydrogen-bond acceptors (Lipinski definition) is 5. The number of ether oxygens (including phenoxy) is 2. The first-order chi connectivity index (χ1) is 8.59. The van der Waals surface area contributed by atoms with Crippen molar-refractivity contribution in [1.29, 1.82) is 0 Å². The van der Waals surface area contributed by atoms with E-state index in [0.717, 1.165) is 31.9 Å². The highest BCUT2D eigenvalue weighted by Crippen LogP contribution is 2.38. The molecular weight excluding hydrogens is 248 g/mol. The van der Waals surface area contributed by atoms with E-state index in [9.17, 15) is 0 Å². The van der Waals surface area contributed by atoms with E-state index >= 15 is 0 Å². The molecule has 18 heavy (non-hydrogen) atoms. The Bertz CT molecular complexity index is 243. The average molecular weight is 276 g/mol. The van der Waals surface area contributed by atoms with E-state index in [2.05, 4.69) is 18.7 Å². The quantitative estimate of drug-likeness (QED) is 0.722. The van der Waals surface area contributed by atoms with Crippen molar-refractivity contribution in [2.24, 2.45) is 5.73 Å². The highest BCUT2D eigenvalue weighted by atomic mass is 32.2. The molecule has 0 spiro atoms. The van der Waals surface area contributed by atoms with Crippen LogP contribution in [0, 0.1) is 0 Å². The van der Waals surface area contributed by atoms with Crippen molar-refractivity contribution in [2.45, 2.75) is 37.1 Å². The first-order valence-corrected chi connectivity index (χ1v) is 7.71. The standard InChI is InChI=1S/C13H28N2O2S/c1-11(8-17-4)15(5-6-16-3)13(9-14)7-12(2)18-10-13/h11-12H,5-10,14H2,1-4H3. The molecule has 1 aliphatic rings. The Balaban J connectivity index is 2.78. The van der Waals surface area contributed by atoms with E-state index in [4.69, 9.17) is 15.2 Å². The van der Waals surface area contributed by atoms with Crippen molar-refractivity contribution in [3.8, 4) is 0 Å². The van der Waals surface area contributed by atoms with Gasteiger partial charge in [0.15, 0.2) is 0 Å². The fourth-order valence-electron chi connectivity index (χ4n) is 2.86. The molecule has 0 aromatic heterocycles. The topological polar surface area (TPSA) is 47.7 Å². The molecular formula is C13H28N2O2S. The lowest BCUT2D eigenvalue weighted by Crippen LogP contribution is -2.59. The van der Waals surface area contributed by atoms with Crippen molar-refractivity contribution in [3.63, 3.8) is 0 Å². The summed E-state index contributed by atoms with van der Waals surface area (Å²) >= 11 is 2.02. The molecule has 4 nitrogen and oxygen atoms in total. The van der Waals surface area contributed by atoms with Gasteiger partial charge in [0.05, 0.1) is 13.2 Å². The van der Waals surface area contributed by atoms with Crippen molar-refractivity contribution in [2.75, 3.05) is 46.3 Å². The SMILES string of the molecule is COCCN(C(C)COC)C1(CN)CSC(C)C1. The van der Waals surface area contributed by atoms with Gasteiger partial charge < -0.3 is 15.2 Å². The van der Waals surface area contributed by atoms with E-state index < -0.39 is 0 Å². The summed E-state index contributed by atoms with van der Waals surface area (Å²) in [6.07, 6.45) is 1.16. The Labute approximate surface area is 116 Å². The molecule has 0 aromatic carbocycles. The summed E-state index contributed by atoms with van der Waals surface area (Å²) in [4.78, 5) is 2.50. The van der Waals surface area contributed by atoms with Crippen LogP contribution in [0.5, 0.6) is 0 Å². The molecule has 1 aliphatic heterocycles. The number of nitrogens with zero attached hydrogens (tertiary/aromatic N) is 1. The first-order valence-electron chi connectivity index (χ1n) is 6.66. The first kappa shape index (κ1) is 16.2. The molecule has 1 rings (SSSR count). The highest BCUT2D eigenvalue weighted by molar-refractivity contribution is 8.00. The maximum absolute atomic E-state index is 6.10. The van der Waals surface area contributed by atoms with Gasteiger partial charge in [-0.2, -0.15) is 11.8 Å². The van der Waals surface area contributed by atoms with Gasteiger partial charge in [0.25, 0.3) is 0 Å². The third-order valence-electron chi connectivity index (χ3n) is 3.77. The minimum absolute atomic E-state index is 0.112. The second-order valence-corrected chi connectivity index (χ2v) is 6.67. The van der Waals surface area contributed by atoms with Gasteiger partial charge in [0.2, 0.25) is 0 Å². The van der Waals surface area contributed by atoms with Crippen LogP contribution in [-0.2, 0) is 9.47 Å². The number of rotatable bonds is 8. The predicted octanol–water partition coefficient (Wildman–Crippen LogP) is 1.19. The lowest BCUT2D eigenvalue weighted by atomic mass is 9.92. The minimum atomic E-state index is 0.112. The fraction of sp³-hybridized carbons (Fsp3) is 1.00. The highest BCUT2D eigenvalue weighted by Gasteiger charge is 2.43. The van der Waals surface area contributed by atoms with E-state index in [1.807, 2.05) is 11.8 Å². The molecule has 3 unspecified atom stereocenters. The second kappa shape index (κ2) is 7.70. The summed E-state index contributed by atoms with van der Waals surface area (Å²) < 4.78 is 10.6. The lowest BCUT2D eigenvalue weighted by molar-refractivity contribution is 0.00930. The maximum Gasteiger partial charge on any atom is 0.0615 e. The largest absolute Gasteiger partial charge is 0.383 e. The van der Waals surface area contributed by atoms with Gasteiger partial charge in [-0.1, -0.05) is 6.92 Å². The Morgan fingerprint density at radius 1 is 1.44 bits per heavy atom. The van der Waals surface area contributed by atoms with E-state index in [-0.39, 0.29) is 5.54 Å². The van der Waals surface area contributed by atoms with Gasteiger partial charge >= 0.3 is 0 Å². The molecule has 0 aromatic rings. The molecule has 3 atom stereocenters. The minimum Gasteiger partial charge on any atom is -0.383 e. The van der Waals surface area contributed by atoms with Gasteiger partial charge in [-0.25, -0.2) is 0 Å². The number of methoxy groups -OCH3 is 2. The molecule has 0 radical (unpaired) electrons. The average Bonchev–Trinajstić information content (AvgIpc) is 2.73. The zero-order valence-electron chi connectivity index (χ0n) is 12.1. The summed E-state index contributed by atoms with van der Waals surface area (Å²) in [5.41, 5.74) is 6.21. The van der Waals surface area contributed by atoms with Crippen LogP contribution in [0.1, 0.15) is 20.3 Å². The van der Waals surface area contributed by atoms with Crippen molar-refractivity contribution < 1.29 is 9.47 Å². The molecule has 0 saturated carbocycles. The molecule has 0 amide bonds. The zero-order valence-corrected chi connectivity index (χ0v) is 13.0. The van der Waals surface area contributed by atoms with Crippen LogP contribution in [0.25, 0.3) is 0 Å². The molecule has 1 heterocycles. The molecule has 1 fully saturated rings. The number of thioether (sulfide) groups is 1. The fourth-order valence-corrected chi connectivity index (χ4v) is 4.28. The van der Waals surface area contributed by atoms with Crippen LogP contribution in [-0.4, -0.2) is 68.0 Å². The van der Waals surface area contributed by atoms with Crippen LogP contribution in [0.15, 0.2) is 0 Å². The summed E-state index contributed by atoms with van der Waals surface area (Å²) in [6.45, 7) is 7.62. The van der Waals surface area contributed by atoms with Gasteiger partial charge in [-0.3, -0.25) is 4.90 Å². The second-order valence-electron chi connectivity index (χ2n) is 5.24. The van der Waals surface area contributed by atoms with Crippen LogP contribution in [0.4, 0.5) is 0 Å². The summed E-state index contributed by atoms with van der Waals surface area (Å²) in [5, 5.41) is 0.688. The van der Waals surface area contributed by atoms with Crippen molar-refractivity contribution >= 4 is 11.8 Å². The van der Waals surface area contributed by atoms with Crippen LogP contribution < -0.4 is 5.73 Å². The molecule has 2 N–H and O–H groups in total. The van der Waals surface area contributed by atoms with Crippen LogP contribution >= 0.6 is 11.8 Å². The third kappa shape index (κ3) is 3.84. The summed E-state index contributed by atoms with van der Waals surface area (Å²) in [5.74, 6) is 1.11. The lowest BCUT2D eigenvalue weighted by Gasteiger charge is -2.44. The van der Waals surface area contributed by atoms with E-state index in [1.165, 1.54) is 0 Å². The molecule has 0 bridgehead atoms. The van der Waals surface area contributed by atoms with E-state index in [1.54, 1.807) is 14.2 Å². The maximum atomic E-state index is 6.10. The van der Waals surface area contributed by atoms with Gasteiger partial charge in [0, 0.05) is 49.9 Å². The van der Waals surface area contributed by atoms with E-state index in [0.29, 0.717) is 17.8 Å². The zero-order chi connectivity index (χ0) is 13.6. The molecule has 5 heteroatoms. The normalized spacial score (nSPS) is 30.0. The van der Waals surface area contributed by atoms with Crippen LogP contribution in [0.2, 0.25) is 0 Å². The van der Waals surface area contributed by atoms with Gasteiger partial charge in [0.1, 0.15) is 0 Å². The summed E-state index contributed by atoms with van der Waals surface area (Å²) in [7, 11) is 3.51. The van der Waals surface area contributed by atoms with Gasteiger partial charge in [-0.05, 0) is 13.3 Å².